The molecule has 3 rings (SSSR count). The van der Waals surface area contributed by atoms with E-state index in [-0.39, 0.29) is 29.6 Å². The quantitative estimate of drug-likeness (QED) is 0.0667. The van der Waals surface area contributed by atoms with Crippen LogP contribution in [0.4, 0.5) is 0 Å². The molecule has 0 aliphatic carbocycles. The molecule has 2 N–H and O–H groups in total. The van der Waals surface area contributed by atoms with Crippen LogP contribution in [0.25, 0.3) is 10.9 Å². The smallest absolute Gasteiger partial charge is 0.338 e. The molecule has 1 aromatic heterocycles. The summed E-state index contributed by atoms with van der Waals surface area (Å²) >= 11 is 0. The van der Waals surface area contributed by atoms with Crippen LogP contribution in [0.15, 0.2) is 66.4 Å². The number of likely N-dealkylation sites (N-methyl/N-ethyl adjacent to an activating group) is 1. The van der Waals surface area contributed by atoms with Crippen LogP contribution in [0.5, 0.6) is 5.75 Å². The standard InChI is InChI=1S/C49H77N3O6Si/c1-30(2)47(54)52(16)43(28-39-29-50-42-21-19-18-20-41(39)42)46(53)51-44(38-22-24-40(25-23-38)58-59(31(3)4,32(5)6)33(7)8)45(56-17)48(55)57-37(12)35(10)26-34(9)27-36(11)49(13,14)15/h18-26,29-33,35-37,43-45,50H,27-28H2,1-17H3,(H,51,53)/b34-26+/t35-,36+,37-,43-,44+,45-/m1/s1. The molecule has 0 aliphatic rings. The van der Waals surface area contributed by atoms with Crippen LogP contribution in [0, 0.1) is 23.2 Å². The van der Waals surface area contributed by atoms with Crippen molar-refractivity contribution in [2.45, 2.75) is 158 Å². The average Bonchev–Trinajstić information content (AvgIpc) is 3.57. The molecule has 0 aliphatic heterocycles. The zero-order valence-corrected chi connectivity index (χ0v) is 40.4. The third-order valence-corrected chi connectivity index (χ3v) is 18.7. The Labute approximate surface area is 357 Å². The highest BCUT2D eigenvalue weighted by Crippen LogP contribution is 2.43. The van der Waals surface area contributed by atoms with Crippen molar-refractivity contribution in [1.82, 2.24) is 15.2 Å². The number of nitrogens with one attached hydrogen (secondary N) is 2. The summed E-state index contributed by atoms with van der Waals surface area (Å²) in [6.07, 6.45) is 3.63. The van der Waals surface area contributed by atoms with E-state index >= 15 is 0 Å². The van der Waals surface area contributed by atoms with E-state index in [0.717, 1.165) is 28.6 Å². The van der Waals surface area contributed by atoms with Crippen molar-refractivity contribution in [1.29, 1.82) is 0 Å². The molecular formula is C49H77N3O6Si. The van der Waals surface area contributed by atoms with Crippen LogP contribution in [-0.2, 0) is 30.3 Å². The van der Waals surface area contributed by atoms with Gasteiger partial charge in [0, 0.05) is 49.5 Å². The van der Waals surface area contributed by atoms with Crippen LogP contribution >= 0.6 is 0 Å². The molecule has 0 saturated heterocycles. The first-order chi connectivity index (χ1) is 27.5. The number of methoxy groups -OCH3 is 1. The van der Waals surface area contributed by atoms with Crippen molar-refractivity contribution >= 4 is 37.0 Å². The summed E-state index contributed by atoms with van der Waals surface area (Å²) < 4.78 is 19.1. The number of fused-ring (bicyclic) bond motifs is 1. The van der Waals surface area contributed by atoms with E-state index < -0.39 is 44.5 Å². The molecule has 1 heterocycles. The highest BCUT2D eigenvalue weighted by atomic mass is 28.4. The second-order valence-electron chi connectivity index (χ2n) is 19.3. The molecule has 0 saturated carbocycles. The fourth-order valence-electron chi connectivity index (χ4n) is 8.53. The molecule has 0 radical (unpaired) electrons. The number of carbonyl (C=O) groups excluding carboxylic acids is 3. The minimum atomic E-state index is -2.26. The zero-order chi connectivity index (χ0) is 44.6. The number of aromatic amines is 1. The van der Waals surface area contributed by atoms with E-state index in [4.69, 9.17) is 13.9 Å². The number of ether oxygens (including phenoxy) is 2. The predicted molar refractivity (Wildman–Crippen MR) is 245 cm³/mol. The lowest BCUT2D eigenvalue weighted by molar-refractivity contribution is -0.164. The number of para-hydroxylation sites is 1. The van der Waals surface area contributed by atoms with E-state index in [1.807, 2.05) is 75.5 Å². The van der Waals surface area contributed by atoms with Gasteiger partial charge in [-0.05, 0) is 77.6 Å². The minimum Gasteiger partial charge on any atom is -0.543 e. The number of benzene rings is 2. The Kier molecular flexibility index (Phi) is 17.7. The van der Waals surface area contributed by atoms with Crippen LogP contribution in [0.3, 0.4) is 0 Å². The lowest BCUT2D eigenvalue weighted by Crippen LogP contribution is -2.53. The molecule has 9 nitrogen and oxygen atoms in total. The Balaban J connectivity index is 2.06. The van der Waals surface area contributed by atoms with E-state index in [2.05, 4.69) is 99.5 Å². The van der Waals surface area contributed by atoms with Gasteiger partial charge in [-0.25, -0.2) is 4.79 Å². The second kappa shape index (κ2) is 21.1. The Morgan fingerprint density at radius 2 is 1.44 bits per heavy atom. The maximum Gasteiger partial charge on any atom is 0.338 e. The van der Waals surface area contributed by atoms with Gasteiger partial charge in [-0.2, -0.15) is 0 Å². The predicted octanol–water partition coefficient (Wildman–Crippen LogP) is 11.2. The molecule has 2 aromatic carbocycles. The number of amides is 2. The summed E-state index contributed by atoms with van der Waals surface area (Å²) in [4.78, 5) is 47.3. The fourth-order valence-corrected chi connectivity index (χ4v) is 13.8. The van der Waals surface area contributed by atoms with Gasteiger partial charge in [0.05, 0.1) is 6.04 Å². The van der Waals surface area contributed by atoms with E-state index in [1.165, 1.54) is 17.6 Å². The van der Waals surface area contributed by atoms with E-state index in [9.17, 15) is 14.4 Å². The van der Waals surface area contributed by atoms with E-state index in [0.29, 0.717) is 28.1 Å². The summed E-state index contributed by atoms with van der Waals surface area (Å²) in [6.45, 7) is 32.2. The van der Waals surface area contributed by atoms with Crippen molar-refractivity contribution in [2.75, 3.05) is 14.2 Å². The third-order valence-electron chi connectivity index (χ3n) is 12.7. The molecule has 0 spiro atoms. The van der Waals surface area contributed by atoms with Gasteiger partial charge in [-0.15, -0.1) is 0 Å². The van der Waals surface area contributed by atoms with Crippen molar-refractivity contribution in [3.05, 3.63) is 77.5 Å². The largest absolute Gasteiger partial charge is 0.543 e. The van der Waals surface area contributed by atoms with Crippen LogP contribution < -0.4 is 9.74 Å². The van der Waals surface area contributed by atoms with Gasteiger partial charge in [0.15, 0.2) is 6.10 Å². The highest BCUT2D eigenvalue weighted by molar-refractivity contribution is 6.78. The number of nitrogens with zero attached hydrogens (tertiary/aromatic N) is 1. The maximum atomic E-state index is 14.7. The highest BCUT2D eigenvalue weighted by Gasteiger charge is 2.47. The van der Waals surface area contributed by atoms with Gasteiger partial charge < -0.3 is 29.1 Å². The number of hydrogen-bond donors (Lipinski definition) is 2. The van der Waals surface area contributed by atoms with Crippen molar-refractivity contribution in [2.24, 2.45) is 23.2 Å². The number of rotatable bonds is 20. The Bertz CT molecular complexity index is 1830. The molecule has 3 aromatic rings. The molecule has 0 unspecified atom stereocenters. The van der Waals surface area contributed by atoms with Crippen LogP contribution in [0.1, 0.15) is 127 Å². The number of hydrogen-bond acceptors (Lipinski definition) is 6. The van der Waals surface area contributed by atoms with Gasteiger partial charge >= 0.3 is 5.97 Å². The number of allylic oxidation sites excluding steroid dienone is 1. The number of carbonyl (C=O) groups is 3. The second-order valence-corrected chi connectivity index (χ2v) is 24.7. The summed E-state index contributed by atoms with van der Waals surface area (Å²) in [5, 5.41) is 4.16. The first-order valence-corrected chi connectivity index (χ1v) is 23.9. The lowest BCUT2D eigenvalue weighted by Gasteiger charge is -2.42. The van der Waals surface area contributed by atoms with Crippen molar-refractivity contribution < 1.29 is 28.3 Å². The Hall–Kier alpha value is -3.89. The maximum absolute atomic E-state index is 14.7. The number of H-pyrrole nitrogens is 1. The van der Waals surface area contributed by atoms with Crippen LogP contribution in [-0.4, -0.2) is 68.4 Å². The normalized spacial score (nSPS) is 15.9. The van der Waals surface area contributed by atoms with Gasteiger partial charge in [-0.1, -0.05) is 132 Å². The van der Waals surface area contributed by atoms with Gasteiger partial charge in [0.25, 0.3) is 8.32 Å². The summed E-state index contributed by atoms with van der Waals surface area (Å²) in [5.74, 6) is -0.318. The average molecular weight is 832 g/mol. The topological polar surface area (TPSA) is 110 Å². The third kappa shape index (κ3) is 12.3. The Morgan fingerprint density at radius 3 is 1.97 bits per heavy atom. The fraction of sp³-hybridized carbons (Fsp3) is 0.612. The van der Waals surface area contributed by atoms with Crippen molar-refractivity contribution in [3.8, 4) is 5.75 Å². The molecule has 328 valence electrons. The summed E-state index contributed by atoms with van der Waals surface area (Å²) in [6, 6.07) is 13.7. The van der Waals surface area contributed by atoms with E-state index in [1.54, 1.807) is 7.05 Å². The van der Waals surface area contributed by atoms with Crippen molar-refractivity contribution in [3.63, 3.8) is 0 Å². The monoisotopic (exact) mass is 832 g/mol. The summed E-state index contributed by atoms with van der Waals surface area (Å²) in [7, 11) is 0.867. The molecule has 59 heavy (non-hydrogen) atoms. The zero-order valence-electron chi connectivity index (χ0n) is 39.4. The molecule has 0 bridgehead atoms. The first-order valence-electron chi connectivity index (χ1n) is 21.8. The van der Waals surface area contributed by atoms with Gasteiger partial charge in [0.2, 0.25) is 11.8 Å². The first kappa shape index (κ1) is 49.5. The minimum absolute atomic E-state index is 0.0587. The van der Waals surface area contributed by atoms with Crippen LogP contribution in [0.2, 0.25) is 16.6 Å². The SMILES string of the molecule is CO[C@@H](C(=O)O[C@H](C)[C@H](C)/C=C(\C)C[C@H](C)C(C)(C)C)[C@@H](NC(=O)[C@@H](Cc1c[nH]c2ccccc12)N(C)C(=O)C(C)C)c1ccc(O[Si](C(C)C)(C(C)C)C(C)C)cc1. The lowest BCUT2D eigenvalue weighted by atomic mass is 9.78. The van der Waals surface area contributed by atoms with Gasteiger partial charge in [-0.3, -0.25) is 9.59 Å². The Morgan fingerprint density at radius 1 is 0.864 bits per heavy atom. The van der Waals surface area contributed by atoms with Gasteiger partial charge in [0.1, 0.15) is 17.9 Å². The number of aromatic nitrogens is 1. The molecule has 0 fully saturated rings. The summed E-state index contributed by atoms with van der Waals surface area (Å²) in [5.41, 5.74) is 5.07. The molecule has 10 heteroatoms. The molecular weight excluding hydrogens is 755 g/mol. The number of esters is 1. The molecule has 6 atom stereocenters. The molecule has 2 amide bonds.